The molecule has 0 aromatic heterocycles. The Morgan fingerprint density at radius 2 is 0.765 bits per heavy atom. The van der Waals surface area contributed by atoms with Crippen LogP contribution in [0.4, 0.5) is 0 Å². The SMILES string of the molecule is CC/C=C\C/C=C\C/C=C\C/C=C\C/C=C\CCCC(=O)OC(COC(=O)CCCCCCCCCCCCCCC)COP(=O)(O)OCC(CO)OC(=O)CCCCCCCCCCCCC. The predicted molar refractivity (Wildman–Crippen MR) is 279 cm³/mol. The van der Waals surface area contributed by atoms with E-state index in [-0.39, 0.29) is 25.9 Å². The van der Waals surface area contributed by atoms with Gasteiger partial charge in [0.2, 0.25) is 0 Å². The summed E-state index contributed by atoms with van der Waals surface area (Å²) >= 11 is 0. The van der Waals surface area contributed by atoms with Gasteiger partial charge in [-0.1, -0.05) is 223 Å². The summed E-state index contributed by atoms with van der Waals surface area (Å²) in [5.74, 6) is -1.53. The number of allylic oxidation sites excluding steroid dienone is 10. The molecular formula is C56H99O11P. The number of aliphatic hydroxyl groups excluding tert-OH is 1. The molecule has 0 heterocycles. The highest BCUT2D eigenvalue weighted by molar-refractivity contribution is 7.47. The van der Waals surface area contributed by atoms with Crippen LogP contribution in [0.15, 0.2) is 60.8 Å². The highest BCUT2D eigenvalue weighted by Gasteiger charge is 2.28. The van der Waals surface area contributed by atoms with Crippen LogP contribution in [-0.2, 0) is 42.2 Å². The minimum absolute atomic E-state index is 0.0910. The molecule has 394 valence electrons. The van der Waals surface area contributed by atoms with Crippen LogP contribution in [0.25, 0.3) is 0 Å². The van der Waals surface area contributed by atoms with Crippen LogP contribution < -0.4 is 0 Å². The van der Waals surface area contributed by atoms with Crippen molar-refractivity contribution in [2.24, 2.45) is 0 Å². The molecule has 0 aromatic rings. The number of unbranched alkanes of at least 4 members (excludes halogenated alkanes) is 23. The largest absolute Gasteiger partial charge is 0.472 e. The first-order valence-electron chi connectivity index (χ1n) is 27.2. The average molecular weight is 979 g/mol. The Kier molecular flexibility index (Phi) is 48.5. The van der Waals surface area contributed by atoms with E-state index in [4.69, 9.17) is 23.3 Å². The second-order valence-electron chi connectivity index (χ2n) is 18.0. The fourth-order valence-electron chi connectivity index (χ4n) is 7.33. The Morgan fingerprint density at radius 1 is 0.426 bits per heavy atom. The van der Waals surface area contributed by atoms with Gasteiger partial charge in [-0.05, 0) is 57.8 Å². The van der Waals surface area contributed by atoms with Gasteiger partial charge in [-0.3, -0.25) is 23.4 Å². The number of carbonyl (C=O) groups is 3. The summed E-state index contributed by atoms with van der Waals surface area (Å²) in [4.78, 5) is 48.3. The molecule has 3 unspecified atom stereocenters. The van der Waals surface area contributed by atoms with Crippen molar-refractivity contribution >= 4 is 25.7 Å². The van der Waals surface area contributed by atoms with Gasteiger partial charge in [0.25, 0.3) is 0 Å². The maximum absolute atomic E-state index is 12.8. The fourth-order valence-corrected chi connectivity index (χ4v) is 8.12. The number of aliphatic hydroxyl groups is 1. The van der Waals surface area contributed by atoms with Gasteiger partial charge in [-0.15, -0.1) is 0 Å². The summed E-state index contributed by atoms with van der Waals surface area (Å²) in [7, 11) is -4.75. The average Bonchev–Trinajstić information content (AvgIpc) is 3.32. The molecule has 68 heavy (non-hydrogen) atoms. The number of carbonyl (C=O) groups excluding carboxylic acids is 3. The maximum atomic E-state index is 12.8. The Labute approximate surface area is 415 Å². The molecule has 0 aliphatic rings. The van der Waals surface area contributed by atoms with Crippen molar-refractivity contribution in [2.45, 2.75) is 251 Å². The molecule has 0 saturated carbocycles. The number of phosphoric ester groups is 1. The molecule has 0 spiro atoms. The maximum Gasteiger partial charge on any atom is 0.472 e. The molecule has 2 N–H and O–H groups in total. The molecule has 12 heteroatoms. The molecule has 0 amide bonds. The molecule has 0 rings (SSSR count). The molecule has 0 aliphatic heterocycles. The zero-order valence-corrected chi connectivity index (χ0v) is 44.2. The minimum Gasteiger partial charge on any atom is -0.462 e. The van der Waals surface area contributed by atoms with Crippen LogP contribution in [0, 0.1) is 0 Å². The van der Waals surface area contributed by atoms with Gasteiger partial charge < -0.3 is 24.2 Å². The summed E-state index contributed by atoms with van der Waals surface area (Å²) in [5, 5.41) is 9.77. The van der Waals surface area contributed by atoms with E-state index in [2.05, 4.69) is 69.4 Å². The third-order valence-corrected chi connectivity index (χ3v) is 12.4. The summed E-state index contributed by atoms with van der Waals surface area (Å²) in [6, 6.07) is 0. The second-order valence-corrected chi connectivity index (χ2v) is 19.5. The molecule has 0 fully saturated rings. The standard InChI is InChI=1S/C56H99O11P/c1-4-7-10-13-16-19-22-24-25-26-27-29-32-35-38-41-44-47-56(60)67-53(49-63-54(58)45-42-39-36-33-31-28-23-20-17-14-11-8-5-2)51-65-68(61,62)64-50-52(48-57)66-55(59)46-43-40-37-34-30-21-18-15-12-9-6-3/h7,10,16,19,24-25,27,29,35,38,52-53,57H,4-6,8-9,11-15,17-18,20-23,26,28,30-34,36-37,39-51H2,1-3H3,(H,61,62)/b10-7-,19-16-,25-24-,29-27-,38-35-. The summed E-state index contributed by atoms with van der Waals surface area (Å²) in [5.41, 5.74) is 0. The van der Waals surface area contributed by atoms with E-state index >= 15 is 0 Å². The Morgan fingerprint density at radius 3 is 1.18 bits per heavy atom. The fraction of sp³-hybridized carbons (Fsp3) is 0.768. The van der Waals surface area contributed by atoms with Gasteiger partial charge in [-0.25, -0.2) is 4.57 Å². The normalized spacial score (nSPS) is 13.9. The van der Waals surface area contributed by atoms with Crippen molar-refractivity contribution in [2.75, 3.05) is 26.4 Å². The number of ether oxygens (including phenoxy) is 3. The van der Waals surface area contributed by atoms with Crippen molar-refractivity contribution in [3.05, 3.63) is 60.8 Å². The number of hydrogen-bond acceptors (Lipinski definition) is 10. The molecule has 0 aliphatic carbocycles. The summed E-state index contributed by atoms with van der Waals surface area (Å²) in [6.07, 6.45) is 53.4. The quantitative estimate of drug-likeness (QED) is 0.0197. The summed E-state index contributed by atoms with van der Waals surface area (Å²) in [6.45, 7) is 4.46. The smallest absolute Gasteiger partial charge is 0.462 e. The van der Waals surface area contributed by atoms with E-state index < -0.39 is 57.8 Å². The number of phosphoric acid groups is 1. The van der Waals surface area contributed by atoms with Gasteiger partial charge in [0.05, 0.1) is 19.8 Å². The van der Waals surface area contributed by atoms with Gasteiger partial charge in [0.1, 0.15) is 12.7 Å². The van der Waals surface area contributed by atoms with E-state index in [1.807, 2.05) is 12.2 Å². The Bertz CT molecular complexity index is 1370. The van der Waals surface area contributed by atoms with Gasteiger partial charge in [0.15, 0.2) is 6.10 Å². The first kappa shape index (κ1) is 65.2. The lowest BCUT2D eigenvalue weighted by Gasteiger charge is -2.21. The molecule has 0 saturated heterocycles. The van der Waals surface area contributed by atoms with Gasteiger partial charge >= 0.3 is 25.7 Å². The van der Waals surface area contributed by atoms with Gasteiger partial charge in [-0.2, -0.15) is 0 Å². The zero-order valence-electron chi connectivity index (χ0n) is 43.3. The Hall–Kier alpha value is -2.82. The van der Waals surface area contributed by atoms with Crippen LogP contribution in [0.1, 0.15) is 239 Å². The third-order valence-electron chi connectivity index (χ3n) is 11.5. The Balaban J connectivity index is 4.82. The van der Waals surface area contributed by atoms with Crippen molar-refractivity contribution in [3.8, 4) is 0 Å². The zero-order chi connectivity index (χ0) is 49.9. The van der Waals surface area contributed by atoms with Crippen molar-refractivity contribution in [3.63, 3.8) is 0 Å². The topological polar surface area (TPSA) is 155 Å². The highest BCUT2D eigenvalue weighted by Crippen LogP contribution is 2.43. The van der Waals surface area contributed by atoms with E-state index in [0.717, 1.165) is 70.6 Å². The molecule has 11 nitrogen and oxygen atoms in total. The number of esters is 3. The van der Waals surface area contributed by atoms with Crippen molar-refractivity contribution in [1.29, 1.82) is 0 Å². The molecule has 0 aromatic carbocycles. The van der Waals surface area contributed by atoms with Crippen LogP contribution in [0.5, 0.6) is 0 Å². The van der Waals surface area contributed by atoms with Crippen LogP contribution in [0.3, 0.4) is 0 Å². The first-order valence-corrected chi connectivity index (χ1v) is 28.7. The monoisotopic (exact) mass is 979 g/mol. The second kappa shape index (κ2) is 50.6. The third kappa shape index (κ3) is 48.2. The first-order chi connectivity index (χ1) is 33.2. The lowest BCUT2D eigenvalue weighted by Crippen LogP contribution is -2.30. The van der Waals surface area contributed by atoms with E-state index in [9.17, 15) is 28.9 Å². The van der Waals surface area contributed by atoms with Crippen molar-refractivity contribution in [1.82, 2.24) is 0 Å². The van der Waals surface area contributed by atoms with Crippen molar-refractivity contribution < 1.29 is 52.2 Å². The van der Waals surface area contributed by atoms with Crippen LogP contribution in [0.2, 0.25) is 0 Å². The van der Waals surface area contributed by atoms with E-state index in [1.165, 1.54) is 103 Å². The lowest BCUT2D eigenvalue weighted by atomic mass is 10.0. The van der Waals surface area contributed by atoms with Crippen LogP contribution in [-0.4, -0.2) is 66.5 Å². The van der Waals surface area contributed by atoms with Crippen LogP contribution >= 0.6 is 7.82 Å². The lowest BCUT2D eigenvalue weighted by molar-refractivity contribution is -0.161. The molecule has 0 bridgehead atoms. The minimum atomic E-state index is -4.75. The highest BCUT2D eigenvalue weighted by atomic mass is 31.2. The summed E-state index contributed by atoms with van der Waals surface area (Å²) < 4.78 is 39.3. The molecule has 3 atom stereocenters. The predicted octanol–water partition coefficient (Wildman–Crippen LogP) is 15.6. The number of hydrogen-bond donors (Lipinski definition) is 2. The van der Waals surface area contributed by atoms with E-state index in [1.54, 1.807) is 0 Å². The van der Waals surface area contributed by atoms with Gasteiger partial charge in [0, 0.05) is 19.3 Å². The number of rotatable bonds is 50. The molecule has 0 radical (unpaired) electrons. The van der Waals surface area contributed by atoms with E-state index in [0.29, 0.717) is 25.7 Å². The molecular weight excluding hydrogens is 880 g/mol.